The van der Waals surface area contributed by atoms with Crippen LogP contribution in [0.25, 0.3) is 0 Å². The van der Waals surface area contributed by atoms with Crippen molar-refractivity contribution >= 4 is 28.6 Å². The van der Waals surface area contributed by atoms with Crippen molar-refractivity contribution < 1.29 is 22.7 Å². The van der Waals surface area contributed by atoms with Gasteiger partial charge in [-0.1, -0.05) is 18.2 Å². The Kier molecular flexibility index (Phi) is 6.83. The van der Waals surface area contributed by atoms with Gasteiger partial charge in [0.25, 0.3) is 0 Å². The molecule has 1 aromatic heterocycles. The van der Waals surface area contributed by atoms with E-state index in [1.807, 2.05) is 41.8 Å². The summed E-state index contributed by atoms with van der Waals surface area (Å²) in [6.45, 7) is 2.34. The van der Waals surface area contributed by atoms with Gasteiger partial charge >= 0.3 is 6.18 Å². The van der Waals surface area contributed by atoms with Gasteiger partial charge < -0.3 is 19.9 Å². The predicted molar refractivity (Wildman–Crippen MR) is 136 cm³/mol. The number of halogens is 3. The van der Waals surface area contributed by atoms with Gasteiger partial charge in [-0.2, -0.15) is 13.2 Å². The molecule has 1 fully saturated rings. The van der Waals surface area contributed by atoms with E-state index in [4.69, 9.17) is 4.74 Å². The summed E-state index contributed by atoms with van der Waals surface area (Å²) in [7, 11) is 1.63. The minimum absolute atomic E-state index is 0.119. The highest BCUT2D eigenvalue weighted by Gasteiger charge is 2.43. The molecule has 1 saturated heterocycles. The summed E-state index contributed by atoms with van der Waals surface area (Å²) >= 11 is 1.64. The minimum atomic E-state index is -4.42. The second-order valence-electron chi connectivity index (χ2n) is 9.15. The predicted octanol–water partition coefficient (Wildman–Crippen LogP) is 5.00. The third kappa shape index (κ3) is 4.89. The number of hydrogen-bond acceptors (Lipinski definition) is 5. The first-order valence-corrected chi connectivity index (χ1v) is 12.9. The fraction of sp³-hybridized carbons (Fsp3) is 0.370. The molecule has 36 heavy (non-hydrogen) atoms. The van der Waals surface area contributed by atoms with Gasteiger partial charge in [-0.15, -0.1) is 11.3 Å². The Hall–Kier alpha value is -3.20. The molecule has 190 valence electrons. The van der Waals surface area contributed by atoms with Crippen molar-refractivity contribution in [1.29, 1.82) is 0 Å². The quantitative estimate of drug-likeness (QED) is 0.502. The summed E-state index contributed by atoms with van der Waals surface area (Å²) in [4.78, 5) is 18.9. The van der Waals surface area contributed by atoms with Crippen LogP contribution in [0.3, 0.4) is 0 Å². The summed E-state index contributed by atoms with van der Waals surface area (Å²) in [5, 5.41) is 5.05. The maximum absolute atomic E-state index is 13.4. The topological polar surface area (TPSA) is 44.8 Å². The number of para-hydroxylation sites is 2. The van der Waals surface area contributed by atoms with Gasteiger partial charge in [0.05, 0.1) is 30.3 Å². The second kappa shape index (κ2) is 10.0. The van der Waals surface area contributed by atoms with Crippen LogP contribution in [0.15, 0.2) is 60.0 Å². The van der Waals surface area contributed by atoms with Crippen molar-refractivity contribution in [2.75, 3.05) is 43.1 Å². The number of nitrogens with one attached hydrogen (secondary N) is 1. The van der Waals surface area contributed by atoms with E-state index in [0.717, 1.165) is 29.6 Å². The largest absolute Gasteiger partial charge is 0.495 e. The lowest BCUT2D eigenvalue weighted by Gasteiger charge is -2.49. The van der Waals surface area contributed by atoms with E-state index in [0.29, 0.717) is 31.7 Å². The molecule has 2 aromatic carbocycles. The summed E-state index contributed by atoms with van der Waals surface area (Å²) in [6, 6.07) is 15.5. The maximum Gasteiger partial charge on any atom is 0.416 e. The van der Waals surface area contributed by atoms with Crippen molar-refractivity contribution in [2.45, 2.75) is 25.1 Å². The Labute approximate surface area is 212 Å². The zero-order valence-corrected chi connectivity index (χ0v) is 20.7. The zero-order valence-electron chi connectivity index (χ0n) is 19.9. The molecule has 1 N–H and O–H groups in total. The van der Waals surface area contributed by atoms with Crippen molar-refractivity contribution in [3.05, 3.63) is 76.0 Å². The Morgan fingerprint density at radius 1 is 1.11 bits per heavy atom. The summed E-state index contributed by atoms with van der Waals surface area (Å²) in [5.41, 5.74) is 1.64. The van der Waals surface area contributed by atoms with Crippen molar-refractivity contribution in [1.82, 2.24) is 5.32 Å². The van der Waals surface area contributed by atoms with E-state index in [-0.39, 0.29) is 18.4 Å². The minimum Gasteiger partial charge on any atom is -0.495 e. The fourth-order valence-corrected chi connectivity index (χ4v) is 6.01. The SMILES string of the molecule is COc1ccccc1N1CCN2c3ccc(C(F)(F)F)cc3C[C@H](C(=O)NCCc3cccs3)[C@@H]2C1. The molecule has 0 radical (unpaired) electrons. The van der Waals surface area contributed by atoms with Gasteiger partial charge in [-0.05, 0) is 60.2 Å². The van der Waals surface area contributed by atoms with Gasteiger partial charge in [0.1, 0.15) is 5.75 Å². The molecule has 2 aliphatic heterocycles. The van der Waals surface area contributed by atoms with Gasteiger partial charge in [0.15, 0.2) is 0 Å². The highest BCUT2D eigenvalue weighted by Crippen LogP contribution is 2.41. The molecule has 0 unspecified atom stereocenters. The van der Waals surface area contributed by atoms with Crippen LogP contribution in [0.5, 0.6) is 5.75 Å². The van der Waals surface area contributed by atoms with Crippen LogP contribution in [0.4, 0.5) is 24.5 Å². The van der Waals surface area contributed by atoms with Gasteiger partial charge in [0.2, 0.25) is 5.91 Å². The van der Waals surface area contributed by atoms with E-state index in [1.54, 1.807) is 24.5 Å². The average molecular weight is 516 g/mol. The molecule has 5 rings (SSSR count). The first-order valence-electron chi connectivity index (χ1n) is 12.0. The number of thiophene rings is 1. The number of fused-ring (bicyclic) bond motifs is 3. The summed E-state index contributed by atoms with van der Waals surface area (Å²) in [6.07, 6.45) is -3.43. The van der Waals surface area contributed by atoms with E-state index in [2.05, 4.69) is 15.1 Å². The standard InChI is InChI=1S/C27H28F3N3O2S/c1-35-25-7-3-2-6-23(25)32-12-13-33-22-9-8-19(27(28,29)30)15-18(22)16-21(24(33)17-32)26(34)31-11-10-20-5-4-14-36-20/h2-9,14-15,21,24H,10-13,16-17H2,1H3,(H,31,34)/t21-,24-/m0/s1. The van der Waals surface area contributed by atoms with E-state index >= 15 is 0 Å². The Morgan fingerprint density at radius 2 is 1.94 bits per heavy atom. The molecule has 9 heteroatoms. The molecule has 0 aliphatic carbocycles. The third-order valence-electron chi connectivity index (χ3n) is 7.05. The number of benzene rings is 2. The summed E-state index contributed by atoms with van der Waals surface area (Å²) in [5.74, 6) is 0.169. The Balaban J connectivity index is 1.42. The van der Waals surface area contributed by atoms with Crippen LogP contribution in [-0.2, 0) is 23.8 Å². The van der Waals surface area contributed by atoms with Gasteiger partial charge in [0, 0.05) is 36.7 Å². The molecule has 5 nitrogen and oxygen atoms in total. The molecule has 0 saturated carbocycles. The number of piperazine rings is 1. The van der Waals surface area contributed by atoms with Crippen LogP contribution < -0.4 is 19.9 Å². The molecule has 2 aliphatic rings. The molecule has 3 aromatic rings. The lowest BCUT2D eigenvalue weighted by Crippen LogP contribution is -2.61. The van der Waals surface area contributed by atoms with E-state index in [1.165, 1.54) is 10.9 Å². The number of anilines is 2. The number of amides is 1. The normalized spacial score (nSPS) is 19.4. The molecule has 0 bridgehead atoms. The van der Waals surface area contributed by atoms with Crippen LogP contribution in [0.1, 0.15) is 16.0 Å². The molecule has 1 amide bonds. The highest BCUT2D eigenvalue weighted by atomic mass is 32.1. The number of methoxy groups -OCH3 is 1. The van der Waals surface area contributed by atoms with Crippen LogP contribution in [-0.4, -0.2) is 45.2 Å². The van der Waals surface area contributed by atoms with Crippen LogP contribution in [0, 0.1) is 5.92 Å². The first kappa shape index (κ1) is 24.5. The molecular weight excluding hydrogens is 487 g/mol. The van der Waals surface area contributed by atoms with E-state index in [9.17, 15) is 18.0 Å². The Morgan fingerprint density at radius 3 is 2.69 bits per heavy atom. The monoisotopic (exact) mass is 515 g/mol. The highest BCUT2D eigenvalue weighted by molar-refractivity contribution is 7.09. The van der Waals surface area contributed by atoms with Crippen LogP contribution >= 0.6 is 11.3 Å². The average Bonchev–Trinajstić information content (AvgIpc) is 3.40. The maximum atomic E-state index is 13.4. The second-order valence-corrected chi connectivity index (χ2v) is 10.2. The smallest absolute Gasteiger partial charge is 0.416 e. The molecular formula is C27H28F3N3O2S. The van der Waals surface area contributed by atoms with Crippen molar-refractivity contribution in [3.63, 3.8) is 0 Å². The number of alkyl halides is 3. The van der Waals surface area contributed by atoms with Crippen LogP contribution in [0.2, 0.25) is 0 Å². The lowest BCUT2D eigenvalue weighted by atomic mass is 9.82. The molecule has 3 heterocycles. The number of nitrogens with zero attached hydrogens (tertiary/aromatic N) is 2. The zero-order chi connectivity index (χ0) is 25.3. The third-order valence-corrected chi connectivity index (χ3v) is 7.99. The summed E-state index contributed by atoms with van der Waals surface area (Å²) < 4.78 is 45.9. The number of carbonyl (C=O) groups excluding carboxylic acids is 1. The number of hydrogen-bond donors (Lipinski definition) is 1. The lowest BCUT2D eigenvalue weighted by molar-refractivity contribution is -0.137. The number of ether oxygens (including phenoxy) is 1. The van der Waals surface area contributed by atoms with Gasteiger partial charge in [-0.3, -0.25) is 4.79 Å². The van der Waals surface area contributed by atoms with E-state index < -0.39 is 17.7 Å². The Bertz CT molecular complexity index is 1220. The van der Waals surface area contributed by atoms with Crippen molar-refractivity contribution in [2.24, 2.45) is 5.92 Å². The number of carbonyl (C=O) groups is 1. The first-order chi connectivity index (χ1) is 17.3. The molecule has 2 atom stereocenters. The fourth-order valence-electron chi connectivity index (χ4n) is 5.30. The van der Waals surface area contributed by atoms with Gasteiger partial charge in [-0.25, -0.2) is 0 Å². The number of rotatable bonds is 6. The van der Waals surface area contributed by atoms with Crippen molar-refractivity contribution in [3.8, 4) is 5.75 Å². The molecule has 0 spiro atoms.